The highest BCUT2D eigenvalue weighted by Crippen LogP contribution is 2.24. The number of unbranched alkanes of at least 4 members (excludes halogenated alkanes) is 1. The van der Waals surface area contributed by atoms with Crippen LogP contribution in [0.4, 0.5) is 0 Å². The van der Waals surface area contributed by atoms with Crippen molar-refractivity contribution in [1.82, 2.24) is 5.32 Å². The molecule has 0 aromatic heterocycles. The lowest BCUT2D eigenvalue weighted by atomic mass is 10.1. The monoisotopic (exact) mass is 201 g/mol. The van der Waals surface area contributed by atoms with Gasteiger partial charge in [-0.3, -0.25) is 0 Å². The second kappa shape index (κ2) is 6.72. The van der Waals surface area contributed by atoms with Crippen molar-refractivity contribution in [3.05, 3.63) is 0 Å². The number of hydrogen-bond donors (Lipinski definition) is 1. The van der Waals surface area contributed by atoms with E-state index in [4.69, 9.17) is 0 Å². The molecule has 2 heteroatoms. The molecule has 0 saturated heterocycles. The summed E-state index contributed by atoms with van der Waals surface area (Å²) in [6.07, 6.45) is 9.18. The highest BCUT2D eigenvalue weighted by Gasteiger charge is 2.21. The quantitative estimate of drug-likeness (QED) is 0.663. The highest BCUT2D eigenvalue weighted by molar-refractivity contribution is 7.98. The third-order valence-corrected chi connectivity index (χ3v) is 3.74. The van der Waals surface area contributed by atoms with Gasteiger partial charge in [-0.2, -0.15) is 11.8 Å². The van der Waals surface area contributed by atoms with Crippen LogP contribution in [0, 0.1) is 5.92 Å². The van der Waals surface area contributed by atoms with Gasteiger partial charge in [0.15, 0.2) is 0 Å². The van der Waals surface area contributed by atoms with Crippen LogP contribution in [0.25, 0.3) is 0 Å². The first-order chi connectivity index (χ1) is 6.34. The van der Waals surface area contributed by atoms with Crippen LogP contribution in [0.5, 0.6) is 0 Å². The molecule has 1 saturated carbocycles. The zero-order chi connectivity index (χ0) is 9.52. The van der Waals surface area contributed by atoms with Gasteiger partial charge in [-0.05, 0) is 50.2 Å². The average molecular weight is 201 g/mol. The molecule has 78 valence electrons. The molecule has 1 aliphatic rings. The Labute approximate surface area is 87.1 Å². The van der Waals surface area contributed by atoms with Gasteiger partial charge in [0.2, 0.25) is 0 Å². The fourth-order valence-electron chi connectivity index (χ4n) is 2.11. The van der Waals surface area contributed by atoms with E-state index in [1.807, 2.05) is 11.8 Å². The predicted octanol–water partition coefficient (Wildman–Crippen LogP) is 2.91. The van der Waals surface area contributed by atoms with E-state index in [0.717, 1.165) is 12.0 Å². The van der Waals surface area contributed by atoms with Crippen LogP contribution < -0.4 is 5.32 Å². The van der Waals surface area contributed by atoms with Gasteiger partial charge in [-0.15, -0.1) is 0 Å². The van der Waals surface area contributed by atoms with Gasteiger partial charge in [-0.1, -0.05) is 13.3 Å². The van der Waals surface area contributed by atoms with Gasteiger partial charge in [0.1, 0.15) is 0 Å². The highest BCUT2D eigenvalue weighted by atomic mass is 32.2. The molecule has 1 nitrogen and oxygen atoms in total. The van der Waals surface area contributed by atoms with Crippen LogP contribution in [0.2, 0.25) is 0 Å². The Hall–Kier alpha value is 0.310. The topological polar surface area (TPSA) is 12.0 Å². The molecule has 0 amide bonds. The van der Waals surface area contributed by atoms with Crippen molar-refractivity contribution in [3.63, 3.8) is 0 Å². The molecule has 2 unspecified atom stereocenters. The Kier molecular flexibility index (Phi) is 5.88. The van der Waals surface area contributed by atoms with Crippen molar-refractivity contribution < 1.29 is 0 Å². The first-order valence-electron chi connectivity index (χ1n) is 5.57. The van der Waals surface area contributed by atoms with Crippen LogP contribution in [0.1, 0.15) is 39.0 Å². The van der Waals surface area contributed by atoms with E-state index in [9.17, 15) is 0 Å². The summed E-state index contributed by atoms with van der Waals surface area (Å²) < 4.78 is 0. The molecule has 0 radical (unpaired) electrons. The molecule has 0 spiro atoms. The lowest BCUT2D eigenvalue weighted by molar-refractivity contribution is 0.423. The van der Waals surface area contributed by atoms with Gasteiger partial charge >= 0.3 is 0 Å². The summed E-state index contributed by atoms with van der Waals surface area (Å²) in [5.41, 5.74) is 0. The smallest absolute Gasteiger partial charge is 0.00926 e. The van der Waals surface area contributed by atoms with Crippen LogP contribution in [0.3, 0.4) is 0 Å². The fraction of sp³-hybridized carbons (Fsp3) is 1.00. The molecule has 1 aliphatic carbocycles. The van der Waals surface area contributed by atoms with Crippen LogP contribution >= 0.6 is 11.8 Å². The molecule has 0 heterocycles. The molecule has 0 bridgehead atoms. The molecule has 13 heavy (non-hydrogen) atoms. The fourth-order valence-corrected chi connectivity index (χ4v) is 2.60. The minimum atomic E-state index is 0.828. The van der Waals surface area contributed by atoms with Gasteiger partial charge in [0, 0.05) is 6.04 Å². The van der Waals surface area contributed by atoms with E-state index >= 15 is 0 Å². The van der Waals surface area contributed by atoms with Crippen LogP contribution in [-0.4, -0.2) is 24.6 Å². The third-order valence-electron chi connectivity index (χ3n) is 3.04. The summed E-state index contributed by atoms with van der Waals surface area (Å²) in [5.74, 6) is 2.24. The minimum absolute atomic E-state index is 0.828. The number of hydrogen-bond acceptors (Lipinski definition) is 2. The van der Waals surface area contributed by atoms with Gasteiger partial charge in [0.25, 0.3) is 0 Å². The summed E-state index contributed by atoms with van der Waals surface area (Å²) in [4.78, 5) is 0. The largest absolute Gasteiger partial charge is 0.314 e. The Bertz CT molecular complexity index is 127. The van der Waals surface area contributed by atoms with Crippen molar-refractivity contribution in [2.75, 3.05) is 18.6 Å². The maximum absolute atomic E-state index is 3.68. The van der Waals surface area contributed by atoms with E-state index in [2.05, 4.69) is 18.5 Å². The predicted molar refractivity (Wildman–Crippen MR) is 62.4 cm³/mol. The van der Waals surface area contributed by atoms with E-state index in [1.54, 1.807) is 0 Å². The van der Waals surface area contributed by atoms with Gasteiger partial charge < -0.3 is 5.32 Å². The molecule has 1 fully saturated rings. The SMILES string of the molecule is CSCCCCNC1CCCC1C. The summed E-state index contributed by atoms with van der Waals surface area (Å²) in [7, 11) is 0. The van der Waals surface area contributed by atoms with E-state index < -0.39 is 0 Å². The van der Waals surface area contributed by atoms with Crippen molar-refractivity contribution in [2.24, 2.45) is 5.92 Å². The van der Waals surface area contributed by atoms with Gasteiger partial charge in [-0.25, -0.2) is 0 Å². The lowest BCUT2D eigenvalue weighted by Gasteiger charge is -2.16. The molecular weight excluding hydrogens is 178 g/mol. The number of rotatable bonds is 6. The molecular formula is C11H23NS. The maximum atomic E-state index is 3.68. The molecule has 0 aromatic rings. The Morgan fingerprint density at radius 1 is 1.31 bits per heavy atom. The normalized spacial score (nSPS) is 28.2. The molecule has 0 aliphatic heterocycles. The first kappa shape index (κ1) is 11.4. The maximum Gasteiger partial charge on any atom is 0.00926 e. The minimum Gasteiger partial charge on any atom is -0.314 e. The van der Waals surface area contributed by atoms with E-state index in [-0.39, 0.29) is 0 Å². The second-order valence-corrected chi connectivity index (χ2v) is 5.15. The van der Waals surface area contributed by atoms with E-state index in [1.165, 1.54) is 44.4 Å². The number of nitrogens with one attached hydrogen (secondary N) is 1. The molecule has 1 rings (SSSR count). The number of thioether (sulfide) groups is 1. The van der Waals surface area contributed by atoms with Gasteiger partial charge in [0.05, 0.1) is 0 Å². The van der Waals surface area contributed by atoms with E-state index in [0.29, 0.717) is 0 Å². The second-order valence-electron chi connectivity index (χ2n) is 4.17. The lowest BCUT2D eigenvalue weighted by Crippen LogP contribution is -2.31. The Morgan fingerprint density at radius 3 is 2.77 bits per heavy atom. The summed E-state index contributed by atoms with van der Waals surface area (Å²) in [5, 5.41) is 3.68. The Balaban J connectivity index is 1.93. The standard InChI is InChI=1S/C11H23NS/c1-10-6-5-7-11(10)12-8-3-4-9-13-2/h10-12H,3-9H2,1-2H3. The summed E-state index contributed by atoms with van der Waals surface area (Å²) in [6.45, 7) is 3.61. The van der Waals surface area contributed by atoms with Crippen molar-refractivity contribution in [3.8, 4) is 0 Å². The zero-order valence-corrected chi connectivity index (χ0v) is 9.83. The molecule has 2 atom stereocenters. The van der Waals surface area contributed by atoms with Crippen molar-refractivity contribution >= 4 is 11.8 Å². The van der Waals surface area contributed by atoms with Crippen molar-refractivity contribution in [1.29, 1.82) is 0 Å². The average Bonchev–Trinajstić information content (AvgIpc) is 2.52. The summed E-state index contributed by atoms with van der Waals surface area (Å²) >= 11 is 1.96. The van der Waals surface area contributed by atoms with Crippen molar-refractivity contribution in [2.45, 2.75) is 45.1 Å². The molecule has 1 N–H and O–H groups in total. The first-order valence-corrected chi connectivity index (χ1v) is 6.96. The Morgan fingerprint density at radius 2 is 2.15 bits per heavy atom. The molecule has 0 aromatic carbocycles. The third kappa shape index (κ3) is 4.37. The zero-order valence-electron chi connectivity index (χ0n) is 9.01. The van der Waals surface area contributed by atoms with Crippen LogP contribution in [0.15, 0.2) is 0 Å². The van der Waals surface area contributed by atoms with Crippen LogP contribution in [-0.2, 0) is 0 Å². The summed E-state index contributed by atoms with van der Waals surface area (Å²) in [6, 6.07) is 0.828.